The number of benzene rings is 2. The third kappa shape index (κ3) is 2.95. The topological polar surface area (TPSA) is 106 Å². The molecule has 1 aliphatic rings. The Balaban J connectivity index is 1.76. The van der Waals surface area contributed by atoms with Crippen LogP contribution in [-0.2, 0) is 0 Å². The van der Waals surface area contributed by atoms with Gasteiger partial charge in [-0.15, -0.1) is 0 Å². The van der Waals surface area contributed by atoms with Crippen molar-refractivity contribution in [3.8, 4) is 11.4 Å². The number of fused-ring (bicyclic) bond motifs is 2. The molecule has 0 unspecified atom stereocenters. The molecule has 146 valence electrons. The number of carbonyl (C=O) groups is 1. The Morgan fingerprint density at radius 3 is 2.52 bits per heavy atom. The monoisotopic (exact) mass is 387 g/mol. The van der Waals surface area contributed by atoms with Gasteiger partial charge in [0.05, 0.1) is 16.7 Å². The quantitative estimate of drug-likeness (QED) is 0.499. The number of hydrogen-bond acceptors (Lipinski definition) is 5. The maximum atomic E-state index is 13.2. The Hall–Kier alpha value is -3.61. The number of phenolic OH excluding ortho intramolecular Hbond substituents is 1. The van der Waals surface area contributed by atoms with E-state index in [4.69, 9.17) is 15.7 Å². The predicted octanol–water partition coefficient (Wildman–Crippen LogP) is 3.53. The molecule has 5 rings (SSSR count). The summed E-state index contributed by atoms with van der Waals surface area (Å²) in [5.74, 6) is 0.133. The number of hydrogen-bond donors (Lipinski definition) is 3. The van der Waals surface area contributed by atoms with Crippen molar-refractivity contribution < 1.29 is 9.90 Å². The van der Waals surface area contributed by atoms with Crippen molar-refractivity contribution in [2.75, 3.05) is 5.73 Å². The van der Waals surface area contributed by atoms with E-state index in [9.17, 15) is 9.90 Å². The molecule has 0 atom stereocenters. The molecule has 1 fully saturated rings. The first-order chi connectivity index (χ1) is 14.1. The fourth-order valence-electron chi connectivity index (χ4n) is 4.11. The highest BCUT2D eigenvalue weighted by atomic mass is 16.3. The van der Waals surface area contributed by atoms with E-state index in [-0.39, 0.29) is 23.5 Å². The summed E-state index contributed by atoms with van der Waals surface area (Å²) in [6.45, 7) is 0. The van der Waals surface area contributed by atoms with Gasteiger partial charge in [-0.3, -0.25) is 9.36 Å². The van der Waals surface area contributed by atoms with Crippen LogP contribution in [0.2, 0.25) is 0 Å². The lowest BCUT2D eigenvalue weighted by Crippen LogP contribution is -2.33. The van der Waals surface area contributed by atoms with Gasteiger partial charge >= 0.3 is 0 Å². The molecule has 1 saturated carbocycles. The van der Waals surface area contributed by atoms with Gasteiger partial charge in [0.2, 0.25) is 0 Å². The van der Waals surface area contributed by atoms with E-state index < -0.39 is 0 Å². The molecule has 0 radical (unpaired) electrons. The van der Waals surface area contributed by atoms with E-state index in [1.165, 1.54) is 0 Å². The van der Waals surface area contributed by atoms with Crippen LogP contribution in [0.4, 0.5) is 5.82 Å². The minimum atomic E-state index is -0.233. The van der Waals surface area contributed by atoms with Gasteiger partial charge in [-0.25, -0.2) is 9.97 Å². The zero-order valence-electron chi connectivity index (χ0n) is 15.8. The second kappa shape index (κ2) is 6.77. The van der Waals surface area contributed by atoms with E-state index >= 15 is 0 Å². The van der Waals surface area contributed by atoms with Crippen LogP contribution in [0.5, 0.6) is 5.75 Å². The van der Waals surface area contributed by atoms with Gasteiger partial charge in [-0.05, 0) is 37.1 Å². The third-order valence-electron chi connectivity index (χ3n) is 5.50. The number of phenols is 1. The average Bonchev–Trinajstić information content (AvgIpc) is 3.31. The Labute approximate surface area is 167 Å². The van der Waals surface area contributed by atoms with Gasteiger partial charge in [0.1, 0.15) is 22.6 Å². The summed E-state index contributed by atoms with van der Waals surface area (Å²) >= 11 is 0. The van der Waals surface area contributed by atoms with E-state index in [1.807, 2.05) is 30.3 Å². The number of amides is 1. The number of nitrogens with two attached hydrogens (primary N) is 1. The molecule has 0 saturated heterocycles. The molecule has 2 heterocycles. The lowest BCUT2D eigenvalue weighted by atomic mass is 10.2. The highest BCUT2D eigenvalue weighted by Crippen LogP contribution is 2.32. The van der Waals surface area contributed by atoms with Crippen LogP contribution in [0.15, 0.2) is 48.5 Å². The third-order valence-corrected chi connectivity index (χ3v) is 5.50. The maximum absolute atomic E-state index is 13.2. The number of rotatable bonds is 3. The summed E-state index contributed by atoms with van der Waals surface area (Å²) < 4.78 is 1.68. The number of aromatic hydroxyl groups is 1. The van der Waals surface area contributed by atoms with Gasteiger partial charge < -0.3 is 16.2 Å². The molecule has 2 aromatic heterocycles. The van der Waals surface area contributed by atoms with Crippen molar-refractivity contribution in [1.29, 1.82) is 0 Å². The first-order valence-electron chi connectivity index (χ1n) is 9.79. The Morgan fingerprint density at radius 1 is 1.07 bits per heavy atom. The van der Waals surface area contributed by atoms with Crippen LogP contribution in [-0.4, -0.2) is 31.6 Å². The molecule has 7 nitrogen and oxygen atoms in total. The molecule has 29 heavy (non-hydrogen) atoms. The van der Waals surface area contributed by atoms with E-state index in [0.29, 0.717) is 33.4 Å². The highest BCUT2D eigenvalue weighted by molar-refractivity contribution is 6.11. The molecular formula is C22H21N5O2. The van der Waals surface area contributed by atoms with Crippen LogP contribution in [0, 0.1) is 0 Å². The first-order valence-corrected chi connectivity index (χ1v) is 9.79. The number of anilines is 1. The van der Waals surface area contributed by atoms with Gasteiger partial charge in [-0.2, -0.15) is 0 Å². The van der Waals surface area contributed by atoms with Gasteiger partial charge in [-0.1, -0.05) is 31.0 Å². The number of carbonyl (C=O) groups excluding carboxylic acids is 1. The zero-order chi connectivity index (χ0) is 20.0. The van der Waals surface area contributed by atoms with Gasteiger partial charge in [0, 0.05) is 12.1 Å². The average molecular weight is 387 g/mol. The number of nitrogens with zero attached hydrogens (tertiary/aromatic N) is 3. The van der Waals surface area contributed by atoms with Gasteiger partial charge in [0.15, 0.2) is 5.65 Å². The molecule has 0 spiro atoms. The molecule has 0 bridgehead atoms. The minimum Gasteiger partial charge on any atom is -0.508 e. The molecule has 2 aromatic carbocycles. The molecule has 4 aromatic rings. The number of nitrogen functional groups attached to an aromatic ring is 1. The smallest absolute Gasteiger partial charge is 0.257 e. The second-order valence-corrected chi connectivity index (χ2v) is 7.45. The Morgan fingerprint density at radius 2 is 1.79 bits per heavy atom. The number of nitrogens with one attached hydrogen (secondary N) is 1. The normalized spacial score (nSPS) is 14.6. The summed E-state index contributed by atoms with van der Waals surface area (Å²) in [5, 5.41) is 13.0. The highest BCUT2D eigenvalue weighted by Gasteiger charge is 2.27. The lowest BCUT2D eigenvalue weighted by molar-refractivity contribution is 0.0940. The van der Waals surface area contributed by atoms with Crippen molar-refractivity contribution in [1.82, 2.24) is 19.9 Å². The van der Waals surface area contributed by atoms with Gasteiger partial charge in [0.25, 0.3) is 5.91 Å². The lowest BCUT2D eigenvalue weighted by Gasteiger charge is -2.12. The molecule has 7 heteroatoms. The van der Waals surface area contributed by atoms with Crippen molar-refractivity contribution in [3.63, 3.8) is 0 Å². The fourth-order valence-corrected chi connectivity index (χ4v) is 4.11. The van der Waals surface area contributed by atoms with Crippen molar-refractivity contribution in [2.24, 2.45) is 0 Å². The maximum Gasteiger partial charge on any atom is 0.257 e. The summed E-state index contributed by atoms with van der Waals surface area (Å²) in [5.41, 5.74) is 9.78. The first kappa shape index (κ1) is 17.5. The fraction of sp³-hybridized carbons (Fsp3) is 0.227. The summed E-state index contributed by atoms with van der Waals surface area (Å²) in [6, 6.07) is 14.4. The van der Waals surface area contributed by atoms with Crippen molar-refractivity contribution in [3.05, 3.63) is 54.1 Å². The number of para-hydroxylation sites is 2. The number of aromatic nitrogens is 3. The van der Waals surface area contributed by atoms with E-state index in [0.717, 1.165) is 25.7 Å². The zero-order valence-corrected chi connectivity index (χ0v) is 15.8. The molecular weight excluding hydrogens is 366 g/mol. The SMILES string of the molecule is Nc1c(C(=O)NC2CCCC2)c2nc3ccccc3nc2n1-c1cccc(O)c1. The summed E-state index contributed by atoms with van der Waals surface area (Å²) in [7, 11) is 0. The Kier molecular flexibility index (Phi) is 4.08. The van der Waals surface area contributed by atoms with Crippen molar-refractivity contribution in [2.45, 2.75) is 31.7 Å². The summed E-state index contributed by atoms with van der Waals surface area (Å²) in [4.78, 5) is 22.6. The van der Waals surface area contributed by atoms with Crippen LogP contribution in [0.3, 0.4) is 0 Å². The van der Waals surface area contributed by atoms with Crippen LogP contribution < -0.4 is 11.1 Å². The van der Waals surface area contributed by atoms with E-state index in [2.05, 4.69) is 5.32 Å². The molecule has 1 aliphatic carbocycles. The molecule has 4 N–H and O–H groups in total. The van der Waals surface area contributed by atoms with Crippen LogP contribution in [0.1, 0.15) is 36.0 Å². The Bertz CT molecular complexity index is 1240. The minimum absolute atomic E-state index is 0.106. The second-order valence-electron chi connectivity index (χ2n) is 7.45. The summed E-state index contributed by atoms with van der Waals surface area (Å²) in [6.07, 6.45) is 4.20. The van der Waals surface area contributed by atoms with Crippen LogP contribution in [0.25, 0.3) is 27.9 Å². The van der Waals surface area contributed by atoms with Crippen LogP contribution >= 0.6 is 0 Å². The van der Waals surface area contributed by atoms with E-state index in [1.54, 1.807) is 22.8 Å². The predicted molar refractivity (Wildman–Crippen MR) is 112 cm³/mol. The largest absolute Gasteiger partial charge is 0.508 e. The standard InChI is InChI=1S/C22H21N5O2/c23-20-18(22(29)24-13-6-1-2-7-13)19-21(26-17-11-4-3-10-16(17)25-19)27(20)14-8-5-9-15(28)12-14/h3-5,8-13,28H,1-2,6-7,23H2,(H,24,29). The molecule has 0 aliphatic heterocycles. The molecule has 1 amide bonds. The van der Waals surface area contributed by atoms with Crippen molar-refractivity contribution >= 4 is 33.9 Å².